The van der Waals surface area contributed by atoms with Crippen molar-refractivity contribution in [2.75, 3.05) is 0 Å². The van der Waals surface area contributed by atoms with E-state index in [0.29, 0.717) is 0 Å². The van der Waals surface area contributed by atoms with Crippen molar-refractivity contribution in [3.05, 3.63) is 12.7 Å². The smallest absolute Gasteiger partial charge is 0.304 e. The van der Waals surface area contributed by atoms with Gasteiger partial charge in [-0.2, -0.15) is 0 Å². The molecule has 0 aromatic rings. The summed E-state index contributed by atoms with van der Waals surface area (Å²) in [5.74, 6) is 0. The summed E-state index contributed by atoms with van der Waals surface area (Å²) >= 11 is 0. The maximum atomic E-state index is 5.82. The maximum Gasteiger partial charge on any atom is 0.304 e. The van der Waals surface area contributed by atoms with Crippen LogP contribution in [0, 0.1) is 0 Å². The number of hydrogen-bond acceptors (Lipinski definition) is 2. The second kappa shape index (κ2) is 6.79. The molecule has 0 fully saturated rings. The SMILES string of the molecule is C=CC[SiH](O[SiH](C)C)O[SiH](C)C. The van der Waals surface area contributed by atoms with Gasteiger partial charge in [-0.05, 0) is 26.2 Å². The van der Waals surface area contributed by atoms with Crippen LogP contribution < -0.4 is 0 Å². The van der Waals surface area contributed by atoms with Crippen LogP contribution in [-0.2, 0) is 8.23 Å². The Morgan fingerprint density at radius 3 is 1.75 bits per heavy atom. The lowest BCUT2D eigenvalue weighted by Gasteiger charge is -2.20. The lowest BCUT2D eigenvalue weighted by Crippen LogP contribution is -2.31. The summed E-state index contributed by atoms with van der Waals surface area (Å²) in [7, 11) is -3.16. The molecule has 0 aliphatic carbocycles. The molecule has 0 N–H and O–H groups in total. The number of hydrogen-bond donors (Lipinski definition) is 0. The van der Waals surface area contributed by atoms with Gasteiger partial charge in [0.15, 0.2) is 18.1 Å². The van der Waals surface area contributed by atoms with Crippen molar-refractivity contribution in [2.24, 2.45) is 0 Å². The lowest BCUT2D eigenvalue weighted by atomic mass is 10.8. The van der Waals surface area contributed by atoms with Gasteiger partial charge in [0.2, 0.25) is 0 Å². The van der Waals surface area contributed by atoms with Crippen LogP contribution >= 0.6 is 0 Å². The van der Waals surface area contributed by atoms with Crippen molar-refractivity contribution >= 4 is 27.4 Å². The minimum atomic E-state index is -1.34. The molecule has 0 unspecified atom stereocenters. The highest BCUT2D eigenvalue weighted by Crippen LogP contribution is 2.02. The Morgan fingerprint density at radius 2 is 1.50 bits per heavy atom. The van der Waals surface area contributed by atoms with E-state index in [9.17, 15) is 0 Å². The molecule has 72 valence electrons. The van der Waals surface area contributed by atoms with Gasteiger partial charge in [0.05, 0.1) is 0 Å². The van der Waals surface area contributed by atoms with Crippen LogP contribution in [0.4, 0.5) is 0 Å². The molecule has 0 heterocycles. The van der Waals surface area contributed by atoms with Crippen molar-refractivity contribution in [1.82, 2.24) is 0 Å². The van der Waals surface area contributed by atoms with E-state index in [1.165, 1.54) is 0 Å². The van der Waals surface area contributed by atoms with E-state index in [1.54, 1.807) is 0 Å². The van der Waals surface area contributed by atoms with Gasteiger partial charge in [-0.1, -0.05) is 6.08 Å². The fourth-order valence-electron chi connectivity index (χ4n) is 0.886. The van der Waals surface area contributed by atoms with Gasteiger partial charge >= 0.3 is 9.28 Å². The van der Waals surface area contributed by atoms with Crippen molar-refractivity contribution in [2.45, 2.75) is 32.2 Å². The number of allylic oxidation sites excluding steroid dienone is 1. The minimum Gasteiger partial charge on any atom is -0.441 e. The van der Waals surface area contributed by atoms with Crippen LogP contribution in [0.3, 0.4) is 0 Å². The maximum absolute atomic E-state index is 5.82. The highest BCUT2D eigenvalue weighted by molar-refractivity contribution is 6.67. The zero-order valence-electron chi connectivity index (χ0n) is 8.54. The fraction of sp³-hybridized carbons (Fsp3) is 0.714. The zero-order valence-corrected chi connectivity index (χ0v) is 12.0. The average Bonchev–Trinajstić information content (AvgIpc) is 1.84. The van der Waals surface area contributed by atoms with Crippen LogP contribution in [0.1, 0.15) is 0 Å². The summed E-state index contributed by atoms with van der Waals surface area (Å²) in [4.78, 5) is 0. The third-order valence-corrected chi connectivity index (χ3v) is 8.71. The molecule has 0 amide bonds. The van der Waals surface area contributed by atoms with E-state index in [0.717, 1.165) is 6.04 Å². The van der Waals surface area contributed by atoms with Gasteiger partial charge in [0, 0.05) is 6.04 Å². The van der Waals surface area contributed by atoms with E-state index in [2.05, 4.69) is 32.8 Å². The normalized spacial score (nSPS) is 11.6. The molecule has 0 rings (SSSR count). The van der Waals surface area contributed by atoms with E-state index < -0.39 is 27.4 Å². The molecule has 12 heavy (non-hydrogen) atoms. The van der Waals surface area contributed by atoms with Crippen LogP contribution in [0.15, 0.2) is 12.7 Å². The molecule has 0 aromatic heterocycles. The lowest BCUT2D eigenvalue weighted by molar-refractivity contribution is 0.443. The highest BCUT2D eigenvalue weighted by atomic mass is 28.4. The van der Waals surface area contributed by atoms with Gasteiger partial charge in [-0.3, -0.25) is 0 Å². The third-order valence-electron chi connectivity index (χ3n) is 1.21. The Labute approximate surface area is 80.9 Å². The zero-order chi connectivity index (χ0) is 9.56. The highest BCUT2D eigenvalue weighted by Gasteiger charge is 2.14. The molecule has 0 aromatic carbocycles. The van der Waals surface area contributed by atoms with Gasteiger partial charge < -0.3 is 8.23 Å². The summed E-state index contributed by atoms with van der Waals surface area (Å²) in [6.07, 6.45) is 1.92. The Bertz CT molecular complexity index is 118. The quantitative estimate of drug-likeness (QED) is 0.498. The van der Waals surface area contributed by atoms with Gasteiger partial charge in [0.25, 0.3) is 0 Å². The van der Waals surface area contributed by atoms with E-state index >= 15 is 0 Å². The Balaban J connectivity index is 3.77. The monoisotopic (exact) mass is 220 g/mol. The van der Waals surface area contributed by atoms with Gasteiger partial charge in [0.1, 0.15) is 0 Å². The molecule has 0 atom stereocenters. The van der Waals surface area contributed by atoms with Crippen molar-refractivity contribution in [3.63, 3.8) is 0 Å². The molecular formula is C7H20O2Si3. The second-order valence-corrected chi connectivity index (χ2v) is 11.0. The van der Waals surface area contributed by atoms with E-state index in [4.69, 9.17) is 8.23 Å². The second-order valence-electron chi connectivity index (χ2n) is 3.32. The van der Waals surface area contributed by atoms with Crippen LogP contribution in [0.25, 0.3) is 0 Å². The molecular weight excluding hydrogens is 200 g/mol. The molecule has 5 heteroatoms. The average molecular weight is 220 g/mol. The summed E-state index contributed by atoms with van der Waals surface area (Å²) in [5, 5.41) is 0. The first kappa shape index (κ1) is 12.3. The summed E-state index contributed by atoms with van der Waals surface area (Å²) < 4.78 is 11.6. The predicted octanol–water partition coefficient (Wildman–Crippen LogP) is 1.39. The third kappa shape index (κ3) is 6.99. The molecule has 0 saturated heterocycles. The fourth-order valence-corrected chi connectivity index (χ4v) is 7.74. The Hall–Kier alpha value is 0.311. The van der Waals surface area contributed by atoms with Crippen molar-refractivity contribution < 1.29 is 8.23 Å². The van der Waals surface area contributed by atoms with E-state index in [-0.39, 0.29) is 0 Å². The van der Waals surface area contributed by atoms with Crippen LogP contribution in [-0.4, -0.2) is 27.4 Å². The van der Waals surface area contributed by atoms with Crippen LogP contribution in [0.2, 0.25) is 32.2 Å². The minimum absolute atomic E-state index is 0.908. The van der Waals surface area contributed by atoms with Crippen LogP contribution in [0.5, 0.6) is 0 Å². The molecule has 2 nitrogen and oxygen atoms in total. The Morgan fingerprint density at radius 1 is 1.08 bits per heavy atom. The first-order valence-corrected chi connectivity index (χ1v) is 11.8. The molecule has 0 aliphatic heterocycles. The van der Waals surface area contributed by atoms with Crippen molar-refractivity contribution in [1.29, 1.82) is 0 Å². The standard InChI is InChI=1S/C7H20O2Si3/c1-6-7-12(8-10(2)3)9-11(4)5/h6,10-12H,1,7H2,2-5H3. The summed E-state index contributed by atoms with van der Waals surface area (Å²) in [6, 6.07) is 0.955. The molecule has 0 spiro atoms. The molecule has 0 aliphatic rings. The first-order chi connectivity index (χ1) is 5.56. The van der Waals surface area contributed by atoms with Gasteiger partial charge in [-0.15, -0.1) is 6.58 Å². The largest absolute Gasteiger partial charge is 0.441 e. The predicted molar refractivity (Wildman–Crippen MR) is 62.1 cm³/mol. The first-order valence-electron chi connectivity index (χ1n) is 4.48. The summed E-state index contributed by atoms with van der Waals surface area (Å²) in [6.45, 7) is 12.5. The molecule has 0 bridgehead atoms. The summed E-state index contributed by atoms with van der Waals surface area (Å²) in [5.41, 5.74) is 0. The topological polar surface area (TPSA) is 18.5 Å². The Kier molecular flexibility index (Phi) is 6.96. The van der Waals surface area contributed by atoms with Gasteiger partial charge in [-0.25, -0.2) is 0 Å². The van der Waals surface area contributed by atoms with Crippen molar-refractivity contribution in [3.8, 4) is 0 Å². The molecule has 0 saturated carbocycles. The van der Waals surface area contributed by atoms with E-state index in [1.807, 2.05) is 6.08 Å². The molecule has 0 radical (unpaired) electrons. The number of rotatable bonds is 6.